The van der Waals surface area contributed by atoms with Gasteiger partial charge in [-0.1, -0.05) is 30.3 Å². The second-order valence-electron chi connectivity index (χ2n) is 6.16. The maximum absolute atomic E-state index is 9.63. The molecule has 2 N–H and O–H groups in total. The van der Waals surface area contributed by atoms with E-state index in [9.17, 15) is 10.2 Å². The Hall–Kier alpha value is -1.98. The predicted octanol–water partition coefficient (Wildman–Crippen LogP) is 2.11. The quantitative estimate of drug-likeness (QED) is 0.857. The van der Waals surface area contributed by atoms with Gasteiger partial charge in [-0.25, -0.2) is 0 Å². The highest BCUT2D eigenvalue weighted by atomic mass is 16.3. The first-order valence-corrected chi connectivity index (χ1v) is 8.28. The Labute approximate surface area is 137 Å². The molecule has 0 atom stereocenters. The van der Waals surface area contributed by atoms with Crippen molar-refractivity contribution in [3.05, 3.63) is 48.0 Å². The molecule has 2 aromatic rings. The van der Waals surface area contributed by atoms with Crippen molar-refractivity contribution in [1.29, 1.82) is 0 Å². The highest BCUT2D eigenvalue weighted by Gasteiger charge is 2.16. The second-order valence-corrected chi connectivity index (χ2v) is 6.16. The van der Waals surface area contributed by atoms with Gasteiger partial charge in [-0.05, 0) is 18.5 Å². The Bertz CT molecular complexity index is 584. The Balaban J connectivity index is 1.38. The van der Waals surface area contributed by atoms with Crippen molar-refractivity contribution in [2.45, 2.75) is 19.5 Å². The van der Waals surface area contributed by atoms with E-state index >= 15 is 0 Å². The smallest absolute Gasteiger partial charge is 0.193 e. The van der Waals surface area contributed by atoms with Gasteiger partial charge in [-0.3, -0.25) is 9.47 Å². The van der Waals surface area contributed by atoms with Gasteiger partial charge < -0.3 is 15.1 Å². The lowest BCUT2D eigenvalue weighted by Crippen LogP contribution is -2.46. The minimum atomic E-state index is 0.134. The van der Waals surface area contributed by atoms with Crippen molar-refractivity contribution in [2.75, 3.05) is 32.7 Å². The molecule has 2 heterocycles. The van der Waals surface area contributed by atoms with Gasteiger partial charge in [0.1, 0.15) is 0 Å². The Morgan fingerprint density at radius 3 is 2.00 bits per heavy atom. The summed E-state index contributed by atoms with van der Waals surface area (Å²) in [6.45, 7) is 7.02. The lowest BCUT2D eigenvalue weighted by atomic mass is 10.2. The fourth-order valence-corrected chi connectivity index (χ4v) is 3.14. The molecule has 0 unspecified atom stereocenters. The highest BCUT2D eigenvalue weighted by molar-refractivity contribution is 5.23. The van der Waals surface area contributed by atoms with E-state index in [0.29, 0.717) is 6.54 Å². The normalized spacial score (nSPS) is 16.7. The van der Waals surface area contributed by atoms with Crippen LogP contribution >= 0.6 is 0 Å². The van der Waals surface area contributed by atoms with E-state index in [1.807, 2.05) is 0 Å². The first kappa shape index (κ1) is 15.9. The van der Waals surface area contributed by atoms with Crippen LogP contribution in [0.5, 0.6) is 11.8 Å². The number of aromatic hydroxyl groups is 2. The number of hydrogen-bond acceptors (Lipinski definition) is 4. The summed E-state index contributed by atoms with van der Waals surface area (Å²) in [5.41, 5.74) is 1.37. The number of piperazine rings is 1. The van der Waals surface area contributed by atoms with E-state index in [-0.39, 0.29) is 11.8 Å². The molecule has 1 aliphatic heterocycles. The largest absolute Gasteiger partial charge is 0.494 e. The average Bonchev–Trinajstić information content (AvgIpc) is 2.89. The van der Waals surface area contributed by atoms with Gasteiger partial charge in [0, 0.05) is 51.4 Å². The second kappa shape index (κ2) is 7.53. The van der Waals surface area contributed by atoms with Crippen molar-refractivity contribution in [3.63, 3.8) is 0 Å². The molecule has 1 aliphatic rings. The molecule has 124 valence electrons. The molecule has 23 heavy (non-hydrogen) atoms. The lowest BCUT2D eigenvalue weighted by molar-refractivity contribution is 0.124. The van der Waals surface area contributed by atoms with Crippen LogP contribution in [0.15, 0.2) is 42.5 Å². The molecule has 5 nitrogen and oxygen atoms in total. The highest BCUT2D eigenvalue weighted by Crippen LogP contribution is 2.21. The van der Waals surface area contributed by atoms with Crippen LogP contribution in [-0.2, 0) is 13.1 Å². The molecule has 1 saturated heterocycles. The molecule has 0 bridgehead atoms. The van der Waals surface area contributed by atoms with Crippen LogP contribution in [0.1, 0.15) is 12.0 Å². The number of nitrogens with zero attached hydrogens (tertiary/aromatic N) is 3. The Kier molecular flexibility index (Phi) is 5.20. The summed E-state index contributed by atoms with van der Waals surface area (Å²) in [5, 5.41) is 19.3. The van der Waals surface area contributed by atoms with E-state index in [1.54, 1.807) is 4.57 Å². The van der Waals surface area contributed by atoms with Gasteiger partial charge in [0.2, 0.25) is 0 Å². The number of rotatable bonds is 6. The first-order chi connectivity index (χ1) is 11.2. The summed E-state index contributed by atoms with van der Waals surface area (Å²) in [6.07, 6.45) is 0.925. The van der Waals surface area contributed by atoms with Crippen molar-refractivity contribution in [2.24, 2.45) is 0 Å². The topological polar surface area (TPSA) is 51.9 Å². The van der Waals surface area contributed by atoms with Crippen molar-refractivity contribution in [1.82, 2.24) is 14.4 Å². The molecule has 1 fully saturated rings. The SMILES string of the molecule is Oc1ccc(O)n1CCCN1CCN(Cc2ccccc2)CC1. The third-order valence-corrected chi connectivity index (χ3v) is 4.50. The molecule has 0 spiro atoms. The number of aromatic nitrogens is 1. The van der Waals surface area contributed by atoms with E-state index in [0.717, 1.165) is 45.7 Å². The predicted molar refractivity (Wildman–Crippen MR) is 90.5 cm³/mol. The zero-order valence-electron chi connectivity index (χ0n) is 13.4. The monoisotopic (exact) mass is 315 g/mol. The van der Waals surface area contributed by atoms with Crippen LogP contribution < -0.4 is 0 Å². The number of benzene rings is 1. The Morgan fingerprint density at radius 1 is 0.739 bits per heavy atom. The minimum absolute atomic E-state index is 0.134. The van der Waals surface area contributed by atoms with Gasteiger partial charge in [-0.2, -0.15) is 0 Å². The molecule has 0 saturated carbocycles. The van der Waals surface area contributed by atoms with Gasteiger partial charge in [-0.15, -0.1) is 0 Å². The fourth-order valence-electron chi connectivity index (χ4n) is 3.14. The molecule has 0 radical (unpaired) electrons. The summed E-state index contributed by atoms with van der Waals surface area (Å²) in [4.78, 5) is 4.95. The van der Waals surface area contributed by atoms with E-state index in [1.165, 1.54) is 17.7 Å². The van der Waals surface area contributed by atoms with Crippen molar-refractivity contribution >= 4 is 0 Å². The molecule has 0 amide bonds. The summed E-state index contributed by atoms with van der Waals surface area (Å²) in [6, 6.07) is 13.7. The van der Waals surface area contributed by atoms with Crippen LogP contribution in [0.2, 0.25) is 0 Å². The van der Waals surface area contributed by atoms with E-state index < -0.39 is 0 Å². The van der Waals surface area contributed by atoms with Crippen LogP contribution in [0.3, 0.4) is 0 Å². The summed E-state index contributed by atoms with van der Waals surface area (Å²) < 4.78 is 1.55. The van der Waals surface area contributed by atoms with Gasteiger partial charge in [0.15, 0.2) is 11.8 Å². The molecule has 5 heteroatoms. The van der Waals surface area contributed by atoms with Crippen LogP contribution in [0.4, 0.5) is 0 Å². The third kappa shape index (κ3) is 4.27. The molecule has 3 rings (SSSR count). The van der Waals surface area contributed by atoms with Gasteiger partial charge >= 0.3 is 0 Å². The van der Waals surface area contributed by atoms with Crippen LogP contribution in [-0.4, -0.2) is 57.3 Å². The van der Waals surface area contributed by atoms with E-state index in [2.05, 4.69) is 40.1 Å². The molecule has 1 aromatic heterocycles. The lowest BCUT2D eigenvalue weighted by Gasteiger charge is -2.34. The molecule has 1 aromatic carbocycles. The van der Waals surface area contributed by atoms with Crippen molar-refractivity contribution < 1.29 is 10.2 Å². The standard InChI is InChI=1S/C18H25N3O2/c22-17-7-8-18(23)21(17)10-4-9-19-11-13-20(14-12-19)15-16-5-2-1-3-6-16/h1-3,5-8,22-23H,4,9-15H2. The Morgan fingerprint density at radius 2 is 1.35 bits per heavy atom. The molecular weight excluding hydrogens is 290 g/mol. The fraction of sp³-hybridized carbons (Fsp3) is 0.444. The molecular formula is C18H25N3O2. The van der Waals surface area contributed by atoms with Gasteiger partial charge in [0.25, 0.3) is 0 Å². The van der Waals surface area contributed by atoms with Crippen LogP contribution in [0.25, 0.3) is 0 Å². The van der Waals surface area contributed by atoms with Gasteiger partial charge in [0.05, 0.1) is 0 Å². The minimum Gasteiger partial charge on any atom is -0.494 e. The van der Waals surface area contributed by atoms with E-state index in [4.69, 9.17) is 0 Å². The zero-order chi connectivity index (χ0) is 16.1. The third-order valence-electron chi connectivity index (χ3n) is 4.50. The molecule has 0 aliphatic carbocycles. The summed E-state index contributed by atoms with van der Waals surface area (Å²) in [7, 11) is 0. The number of hydrogen-bond donors (Lipinski definition) is 2. The zero-order valence-corrected chi connectivity index (χ0v) is 13.4. The van der Waals surface area contributed by atoms with Crippen molar-refractivity contribution in [3.8, 4) is 11.8 Å². The maximum Gasteiger partial charge on any atom is 0.193 e. The average molecular weight is 315 g/mol. The maximum atomic E-state index is 9.63. The first-order valence-electron chi connectivity index (χ1n) is 8.28. The van der Waals surface area contributed by atoms with Crippen LogP contribution in [0, 0.1) is 0 Å². The summed E-state index contributed by atoms with van der Waals surface area (Å²) >= 11 is 0. The summed E-state index contributed by atoms with van der Waals surface area (Å²) in [5.74, 6) is 0.269.